The maximum atomic E-state index is 13.0. The van der Waals surface area contributed by atoms with Crippen LogP contribution in [0, 0.1) is 13.8 Å². The lowest BCUT2D eigenvalue weighted by molar-refractivity contribution is -0.164. The van der Waals surface area contributed by atoms with Gasteiger partial charge in [-0.2, -0.15) is 0 Å². The fourth-order valence-corrected chi connectivity index (χ4v) is 4.65. The third kappa shape index (κ3) is 3.81. The molecule has 0 radical (unpaired) electrons. The average Bonchev–Trinajstić information content (AvgIpc) is 3.06. The predicted octanol–water partition coefficient (Wildman–Crippen LogP) is 6.03. The molecule has 3 aromatic rings. The summed E-state index contributed by atoms with van der Waals surface area (Å²) >= 11 is 6.18. The molecule has 2 heterocycles. The number of nitrogens with zero attached hydrogens (tertiary/aromatic N) is 1. The van der Waals surface area contributed by atoms with Gasteiger partial charge in [0.1, 0.15) is 0 Å². The van der Waals surface area contributed by atoms with Crippen molar-refractivity contribution < 1.29 is 14.3 Å². The number of aryl methyl sites for hydroxylation is 1. The molecule has 31 heavy (non-hydrogen) atoms. The number of esters is 1. The normalized spacial score (nSPS) is 14.4. The zero-order valence-electron chi connectivity index (χ0n) is 18.9. The molecule has 0 unspecified atom stereocenters. The molecule has 0 bridgehead atoms. The predicted molar refractivity (Wildman–Crippen MR) is 126 cm³/mol. The lowest BCUT2D eigenvalue weighted by Gasteiger charge is -2.31. The lowest BCUT2D eigenvalue weighted by Crippen LogP contribution is -2.29. The molecule has 0 saturated carbocycles. The van der Waals surface area contributed by atoms with Gasteiger partial charge in [0.2, 0.25) is 0 Å². The van der Waals surface area contributed by atoms with E-state index < -0.39 is 17.7 Å². The van der Waals surface area contributed by atoms with Crippen molar-refractivity contribution in [3.05, 3.63) is 52.2 Å². The number of nitrogens with one attached hydrogen (secondary N) is 1. The van der Waals surface area contributed by atoms with Crippen LogP contribution in [0.2, 0.25) is 5.02 Å². The molecule has 1 aromatic heterocycles. The summed E-state index contributed by atoms with van der Waals surface area (Å²) in [7, 11) is 1.40. The van der Waals surface area contributed by atoms with Crippen LogP contribution in [0.15, 0.2) is 30.3 Å². The van der Waals surface area contributed by atoms with E-state index in [4.69, 9.17) is 21.1 Å². The van der Waals surface area contributed by atoms with Gasteiger partial charge >= 0.3 is 5.97 Å². The Morgan fingerprint density at radius 3 is 2.48 bits per heavy atom. The Labute approximate surface area is 188 Å². The van der Waals surface area contributed by atoms with E-state index in [1.807, 2.05) is 45.0 Å². The Bertz CT molecular complexity index is 1160. The summed E-state index contributed by atoms with van der Waals surface area (Å²) < 4.78 is 13.8. The Kier molecular flexibility index (Phi) is 5.52. The van der Waals surface area contributed by atoms with E-state index in [1.54, 1.807) is 0 Å². The van der Waals surface area contributed by atoms with Crippen LogP contribution in [0.1, 0.15) is 43.7 Å². The van der Waals surface area contributed by atoms with E-state index >= 15 is 0 Å². The minimum atomic E-state index is -0.858. The Hall–Kier alpha value is -2.50. The maximum absolute atomic E-state index is 13.0. The van der Waals surface area contributed by atoms with Gasteiger partial charge in [0.05, 0.1) is 23.9 Å². The molecule has 0 fully saturated rings. The topological polar surface area (TPSA) is 52.5 Å². The van der Waals surface area contributed by atoms with Crippen LogP contribution in [0.25, 0.3) is 22.0 Å². The van der Waals surface area contributed by atoms with Gasteiger partial charge in [0.15, 0.2) is 6.10 Å². The molecule has 1 aliphatic rings. The summed E-state index contributed by atoms with van der Waals surface area (Å²) in [4.78, 5) is 13.0. The van der Waals surface area contributed by atoms with Crippen LogP contribution in [0.4, 0.5) is 5.69 Å². The molecule has 2 aromatic carbocycles. The summed E-state index contributed by atoms with van der Waals surface area (Å²) in [6.45, 7) is 11.8. The minimum Gasteiger partial charge on any atom is -0.467 e. The molecule has 1 aliphatic heterocycles. The Morgan fingerprint density at radius 2 is 1.87 bits per heavy atom. The molecular weight excluding hydrogens is 412 g/mol. The second-order valence-corrected chi connectivity index (χ2v) is 9.49. The van der Waals surface area contributed by atoms with Crippen molar-refractivity contribution in [1.82, 2.24) is 4.57 Å². The van der Waals surface area contributed by atoms with Gasteiger partial charge in [-0.05, 0) is 69.5 Å². The van der Waals surface area contributed by atoms with E-state index in [0.29, 0.717) is 5.02 Å². The standard InChI is InChI=1S/C25H29ClN2O3/c1-14-13-18-20(16-7-9-17(26)10-8-16)19(23(24(29)30-6)31-25(3,4)5)15(2)21-22(18)28(14)12-11-27-21/h7-10,13,23,27H,11-12H2,1-6H3/t23-/m0/s1. The summed E-state index contributed by atoms with van der Waals surface area (Å²) in [6, 6.07) is 9.95. The second-order valence-electron chi connectivity index (χ2n) is 9.06. The first-order valence-electron chi connectivity index (χ1n) is 10.5. The van der Waals surface area contributed by atoms with Crippen molar-refractivity contribution in [3.63, 3.8) is 0 Å². The highest BCUT2D eigenvalue weighted by molar-refractivity contribution is 6.30. The van der Waals surface area contributed by atoms with Gasteiger partial charge < -0.3 is 19.4 Å². The molecule has 0 saturated heterocycles. The number of carbonyl (C=O) groups excluding carboxylic acids is 1. The molecule has 4 rings (SSSR count). The average molecular weight is 441 g/mol. The molecular formula is C25H29ClN2O3. The summed E-state index contributed by atoms with van der Waals surface area (Å²) in [5.41, 5.74) is 6.67. The fraction of sp³-hybridized carbons (Fsp3) is 0.400. The van der Waals surface area contributed by atoms with Crippen LogP contribution in [-0.4, -0.2) is 29.8 Å². The number of aromatic nitrogens is 1. The first-order valence-corrected chi connectivity index (χ1v) is 10.9. The number of benzene rings is 2. The zero-order valence-corrected chi connectivity index (χ0v) is 19.7. The van der Waals surface area contributed by atoms with Crippen LogP contribution < -0.4 is 5.32 Å². The van der Waals surface area contributed by atoms with E-state index in [9.17, 15) is 4.79 Å². The van der Waals surface area contributed by atoms with Gasteiger partial charge in [-0.3, -0.25) is 0 Å². The molecule has 6 heteroatoms. The molecule has 5 nitrogen and oxygen atoms in total. The second kappa shape index (κ2) is 7.88. The number of ether oxygens (including phenoxy) is 2. The van der Waals surface area contributed by atoms with Gasteiger partial charge in [-0.1, -0.05) is 23.7 Å². The SMILES string of the molecule is COC(=O)[C@@H](OC(C)(C)C)c1c(C)c2c3c(cc(C)n3CCN2)c1-c1ccc(Cl)cc1. The maximum Gasteiger partial charge on any atom is 0.339 e. The van der Waals surface area contributed by atoms with E-state index in [1.165, 1.54) is 12.8 Å². The highest BCUT2D eigenvalue weighted by Crippen LogP contribution is 2.46. The summed E-state index contributed by atoms with van der Waals surface area (Å²) in [6.07, 6.45) is -0.858. The molecule has 0 aliphatic carbocycles. The number of hydrogen-bond acceptors (Lipinski definition) is 4. The van der Waals surface area contributed by atoms with Gasteiger partial charge in [0.25, 0.3) is 0 Å². The first-order chi connectivity index (χ1) is 14.6. The van der Waals surface area contributed by atoms with Crippen molar-refractivity contribution >= 4 is 34.2 Å². The van der Waals surface area contributed by atoms with E-state index in [2.05, 4.69) is 29.8 Å². The first kappa shape index (κ1) is 21.7. The third-order valence-corrected chi connectivity index (χ3v) is 6.03. The third-order valence-electron chi connectivity index (χ3n) is 5.78. The highest BCUT2D eigenvalue weighted by atomic mass is 35.5. The van der Waals surface area contributed by atoms with Gasteiger partial charge in [-0.15, -0.1) is 0 Å². The zero-order chi connectivity index (χ0) is 22.5. The fourth-order valence-electron chi connectivity index (χ4n) is 4.52. The van der Waals surface area contributed by atoms with Crippen LogP contribution >= 0.6 is 11.6 Å². The summed E-state index contributed by atoms with van der Waals surface area (Å²) in [5.74, 6) is -0.410. The Morgan fingerprint density at radius 1 is 1.19 bits per heavy atom. The van der Waals surface area contributed by atoms with Gasteiger partial charge in [-0.25, -0.2) is 4.79 Å². The van der Waals surface area contributed by atoms with Crippen LogP contribution in [0.3, 0.4) is 0 Å². The summed E-state index contributed by atoms with van der Waals surface area (Å²) in [5, 5.41) is 5.32. The number of methoxy groups -OCH3 is 1. The number of carbonyl (C=O) groups is 1. The number of rotatable bonds is 4. The van der Waals surface area contributed by atoms with E-state index in [0.717, 1.165) is 51.9 Å². The minimum absolute atomic E-state index is 0.410. The molecule has 1 atom stereocenters. The molecule has 0 amide bonds. The number of anilines is 1. The van der Waals surface area contributed by atoms with Crippen molar-refractivity contribution in [2.75, 3.05) is 19.0 Å². The number of hydrogen-bond donors (Lipinski definition) is 1. The van der Waals surface area contributed by atoms with Crippen molar-refractivity contribution in [2.45, 2.75) is 52.9 Å². The molecule has 0 spiro atoms. The largest absolute Gasteiger partial charge is 0.467 e. The lowest BCUT2D eigenvalue weighted by atomic mass is 9.87. The van der Waals surface area contributed by atoms with Crippen molar-refractivity contribution in [3.8, 4) is 11.1 Å². The number of halogens is 1. The molecule has 1 N–H and O–H groups in total. The Balaban J connectivity index is 2.12. The monoisotopic (exact) mass is 440 g/mol. The molecule has 164 valence electrons. The van der Waals surface area contributed by atoms with Crippen molar-refractivity contribution in [1.29, 1.82) is 0 Å². The van der Waals surface area contributed by atoms with E-state index in [-0.39, 0.29) is 0 Å². The highest BCUT2D eigenvalue weighted by Gasteiger charge is 2.35. The smallest absolute Gasteiger partial charge is 0.339 e. The van der Waals surface area contributed by atoms with Crippen LogP contribution in [-0.2, 0) is 20.8 Å². The van der Waals surface area contributed by atoms with Crippen LogP contribution in [0.5, 0.6) is 0 Å². The quantitative estimate of drug-likeness (QED) is 0.503. The van der Waals surface area contributed by atoms with Gasteiger partial charge in [0, 0.05) is 34.8 Å². The van der Waals surface area contributed by atoms with Crippen molar-refractivity contribution in [2.24, 2.45) is 0 Å².